The summed E-state index contributed by atoms with van der Waals surface area (Å²) in [4.78, 5) is 42.5. The van der Waals surface area contributed by atoms with E-state index < -0.39 is 32.5 Å². The number of carbonyl (C=O) groups excluding carboxylic acids is 2. The van der Waals surface area contributed by atoms with Crippen LogP contribution in [0.1, 0.15) is 143 Å². The fourth-order valence-electron chi connectivity index (χ4n) is 4.96. The standard InChI is InChI=1S/C36H63O9P/c1-4-6-19-25-33-34(45-33)26-21-16-11-9-7-8-10-12-18-23-28-36(38)44-32(30-43-46(39,40)41)29-42-35(37)27-22-17-14-13-15-20-24-31(3)5-2/h7,9-10,12,16,21,31-34H,4-6,8,11,13-15,17-20,22-30H2,1-3H3,(H2,39,40,41)/b9-7-,12-10-,21-16-/t31?,32-,33?,34?/m1/s1. The maximum Gasteiger partial charge on any atom is 0.469 e. The Morgan fingerprint density at radius 3 is 2.13 bits per heavy atom. The van der Waals surface area contributed by atoms with E-state index in [1.165, 1.54) is 51.4 Å². The van der Waals surface area contributed by atoms with Gasteiger partial charge in [0.25, 0.3) is 0 Å². The topological polar surface area (TPSA) is 132 Å². The minimum absolute atomic E-state index is 0.132. The molecule has 1 heterocycles. The first-order valence-electron chi connectivity index (χ1n) is 17.8. The smallest absolute Gasteiger partial charge is 0.462 e. The summed E-state index contributed by atoms with van der Waals surface area (Å²) in [5.74, 6) is -0.180. The number of ether oxygens (including phenoxy) is 3. The van der Waals surface area contributed by atoms with Gasteiger partial charge in [-0.2, -0.15) is 0 Å². The van der Waals surface area contributed by atoms with Gasteiger partial charge in [0.15, 0.2) is 6.10 Å². The van der Waals surface area contributed by atoms with Crippen LogP contribution < -0.4 is 0 Å². The molecule has 4 atom stereocenters. The fourth-order valence-corrected chi connectivity index (χ4v) is 5.32. The molecule has 1 aliphatic rings. The van der Waals surface area contributed by atoms with Gasteiger partial charge in [-0.05, 0) is 50.9 Å². The number of epoxide rings is 1. The molecule has 2 N–H and O–H groups in total. The second-order valence-corrected chi connectivity index (χ2v) is 13.7. The molecule has 0 radical (unpaired) electrons. The molecule has 1 aliphatic heterocycles. The van der Waals surface area contributed by atoms with Gasteiger partial charge in [-0.3, -0.25) is 14.1 Å². The zero-order valence-corrected chi connectivity index (χ0v) is 29.7. The van der Waals surface area contributed by atoms with Crippen molar-refractivity contribution in [2.45, 2.75) is 161 Å². The van der Waals surface area contributed by atoms with Crippen molar-refractivity contribution in [2.75, 3.05) is 13.2 Å². The number of hydrogen-bond donors (Lipinski definition) is 2. The second-order valence-electron chi connectivity index (χ2n) is 12.5. The van der Waals surface area contributed by atoms with E-state index in [9.17, 15) is 14.2 Å². The van der Waals surface area contributed by atoms with Crippen molar-refractivity contribution in [3.63, 3.8) is 0 Å². The van der Waals surface area contributed by atoms with E-state index in [2.05, 4.69) is 55.7 Å². The van der Waals surface area contributed by atoms with E-state index >= 15 is 0 Å². The number of phosphoric ester groups is 1. The molecule has 1 rings (SSSR count). The van der Waals surface area contributed by atoms with Gasteiger partial charge in [0, 0.05) is 12.8 Å². The Bertz CT molecular complexity index is 926. The third kappa shape index (κ3) is 26.3. The van der Waals surface area contributed by atoms with Crippen molar-refractivity contribution < 1.29 is 42.7 Å². The summed E-state index contributed by atoms with van der Waals surface area (Å²) in [5, 5.41) is 0. The Labute approximate surface area is 278 Å². The molecule has 10 heteroatoms. The maximum atomic E-state index is 12.3. The molecule has 0 aliphatic carbocycles. The summed E-state index contributed by atoms with van der Waals surface area (Å²) in [6.45, 7) is 5.85. The van der Waals surface area contributed by atoms with E-state index in [1.807, 2.05) is 6.08 Å². The van der Waals surface area contributed by atoms with Crippen molar-refractivity contribution in [3.8, 4) is 0 Å². The van der Waals surface area contributed by atoms with E-state index in [1.54, 1.807) is 0 Å². The van der Waals surface area contributed by atoms with E-state index in [-0.39, 0.29) is 19.4 Å². The van der Waals surface area contributed by atoms with Crippen LogP contribution in [0.5, 0.6) is 0 Å². The summed E-state index contributed by atoms with van der Waals surface area (Å²) < 4.78 is 31.9. The Kier molecular flexibility index (Phi) is 25.0. The molecule has 0 aromatic carbocycles. The zero-order valence-electron chi connectivity index (χ0n) is 28.8. The highest BCUT2D eigenvalue weighted by atomic mass is 31.2. The predicted octanol–water partition coefficient (Wildman–Crippen LogP) is 9.07. The lowest BCUT2D eigenvalue weighted by Gasteiger charge is -2.18. The Hall–Kier alpha value is -1.77. The minimum Gasteiger partial charge on any atom is -0.462 e. The molecular formula is C36H63O9P. The molecule has 1 fully saturated rings. The highest BCUT2D eigenvalue weighted by Gasteiger charge is 2.36. The highest BCUT2D eigenvalue weighted by molar-refractivity contribution is 7.46. The molecule has 0 saturated carbocycles. The summed E-state index contributed by atoms with van der Waals surface area (Å²) in [6, 6.07) is 0. The normalized spacial score (nSPS) is 18.0. The number of phosphoric acid groups is 1. The van der Waals surface area contributed by atoms with Gasteiger partial charge >= 0.3 is 19.8 Å². The molecule has 9 nitrogen and oxygen atoms in total. The van der Waals surface area contributed by atoms with Crippen LogP contribution in [-0.2, 0) is 32.9 Å². The molecule has 0 spiro atoms. The first-order valence-corrected chi connectivity index (χ1v) is 19.3. The van der Waals surface area contributed by atoms with Gasteiger partial charge in [0.1, 0.15) is 6.61 Å². The Morgan fingerprint density at radius 1 is 0.783 bits per heavy atom. The molecule has 266 valence electrons. The molecule has 3 unspecified atom stereocenters. The zero-order chi connectivity index (χ0) is 33.9. The number of esters is 2. The van der Waals surface area contributed by atoms with Crippen molar-refractivity contribution in [1.82, 2.24) is 0 Å². The van der Waals surface area contributed by atoms with Crippen molar-refractivity contribution >= 4 is 19.8 Å². The average Bonchev–Trinajstić information content (AvgIpc) is 3.77. The number of carbonyl (C=O) groups is 2. The molecule has 1 saturated heterocycles. The third-order valence-corrected chi connectivity index (χ3v) is 8.61. The van der Waals surface area contributed by atoms with E-state index in [0.717, 1.165) is 44.4 Å². The molecular weight excluding hydrogens is 607 g/mol. The molecule has 0 amide bonds. The number of hydrogen-bond acceptors (Lipinski definition) is 7. The van der Waals surface area contributed by atoms with Gasteiger partial charge in [-0.1, -0.05) is 121 Å². The van der Waals surface area contributed by atoms with Crippen LogP contribution in [-0.4, -0.2) is 53.3 Å². The summed E-state index contributed by atoms with van der Waals surface area (Å²) in [5.41, 5.74) is 0. The second kappa shape index (κ2) is 27.2. The monoisotopic (exact) mass is 670 g/mol. The summed E-state index contributed by atoms with van der Waals surface area (Å²) in [6.07, 6.45) is 30.6. The SMILES string of the molecule is CCCCCC1OC1C/C=C\C/C=C\C/C=C\CCCC(=O)O[C@H](COC(=O)CCCCCCCCC(C)CC)COP(=O)(O)O. The van der Waals surface area contributed by atoms with Crippen molar-refractivity contribution in [3.05, 3.63) is 36.5 Å². The summed E-state index contributed by atoms with van der Waals surface area (Å²) in [7, 11) is -4.76. The number of rotatable bonds is 30. The molecule has 0 aromatic heterocycles. The van der Waals surface area contributed by atoms with Crippen molar-refractivity contribution in [1.29, 1.82) is 0 Å². The van der Waals surface area contributed by atoms with Crippen molar-refractivity contribution in [2.24, 2.45) is 5.92 Å². The van der Waals surface area contributed by atoms with Gasteiger partial charge in [0.2, 0.25) is 0 Å². The number of allylic oxidation sites excluding steroid dienone is 5. The van der Waals surface area contributed by atoms with E-state index in [0.29, 0.717) is 31.5 Å². The van der Waals surface area contributed by atoms with Gasteiger partial charge in [0.05, 0.1) is 18.8 Å². The van der Waals surface area contributed by atoms with Crippen LogP contribution in [0.4, 0.5) is 0 Å². The lowest BCUT2D eigenvalue weighted by molar-refractivity contribution is -0.161. The van der Waals surface area contributed by atoms with Crippen LogP contribution in [0.3, 0.4) is 0 Å². The van der Waals surface area contributed by atoms with Crippen LogP contribution in [0.2, 0.25) is 0 Å². The largest absolute Gasteiger partial charge is 0.469 e. The highest BCUT2D eigenvalue weighted by Crippen LogP contribution is 2.36. The van der Waals surface area contributed by atoms with Gasteiger partial charge < -0.3 is 24.0 Å². The molecule has 46 heavy (non-hydrogen) atoms. The maximum absolute atomic E-state index is 12.3. The average molecular weight is 671 g/mol. The predicted molar refractivity (Wildman–Crippen MR) is 183 cm³/mol. The lowest BCUT2D eigenvalue weighted by Crippen LogP contribution is -2.29. The third-order valence-electron chi connectivity index (χ3n) is 8.13. The minimum atomic E-state index is -4.76. The van der Waals surface area contributed by atoms with Crippen LogP contribution in [0, 0.1) is 5.92 Å². The Morgan fingerprint density at radius 2 is 1.43 bits per heavy atom. The first kappa shape index (κ1) is 42.3. The summed E-state index contributed by atoms with van der Waals surface area (Å²) >= 11 is 0. The fraction of sp³-hybridized carbons (Fsp3) is 0.778. The van der Waals surface area contributed by atoms with Crippen LogP contribution >= 0.6 is 7.82 Å². The first-order chi connectivity index (χ1) is 22.1. The molecule has 0 bridgehead atoms. The number of unbranched alkanes of at least 4 members (excludes halogenated alkanes) is 8. The van der Waals surface area contributed by atoms with Gasteiger partial charge in [-0.15, -0.1) is 0 Å². The lowest BCUT2D eigenvalue weighted by atomic mass is 10.00. The van der Waals surface area contributed by atoms with Crippen LogP contribution in [0.25, 0.3) is 0 Å². The Balaban J connectivity index is 2.16. The molecule has 0 aromatic rings. The van der Waals surface area contributed by atoms with Crippen LogP contribution in [0.15, 0.2) is 36.5 Å². The van der Waals surface area contributed by atoms with Gasteiger partial charge in [-0.25, -0.2) is 4.57 Å². The van der Waals surface area contributed by atoms with E-state index in [4.69, 9.17) is 24.0 Å². The quantitative estimate of drug-likeness (QED) is 0.0252.